The number of aryl methyl sites for hydroxylation is 2. The van der Waals surface area contributed by atoms with E-state index in [1.54, 1.807) is 23.7 Å². The first-order valence-electron chi connectivity index (χ1n) is 10.6. The number of hydrogen-bond acceptors (Lipinski definition) is 4. The van der Waals surface area contributed by atoms with E-state index >= 15 is 0 Å². The van der Waals surface area contributed by atoms with E-state index in [1.165, 1.54) is 5.56 Å². The first-order chi connectivity index (χ1) is 14.7. The molecule has 0 aliphatic carbocycles. The van der Waals surface area contributed by atoms with Crippen molar-refractivity contribution in [3.05, 3.63) is 64.1 Å². The number of benzene rings is 1. The summed E-state index contributed by atoms with van der Waals surface area (Å²) in [6.45, 7) is 5.63. The Morgan fingerprint density at radius 3 is 2.87 bits per heavy atom. The second kappa shape index (κ2) is 13.4. The number of aliphatic imine (C=N–C) groups is 1. The average Bonchev–Trinajstić information content (AvgIpc) is 3.25. The van der Waals surface area contributed by atoms with Crippen molar-refractivity contribution in [1.82, 2.24) is 15.2 Å². The lowest BCUT2D eigenvalue weighted by Crippen LogP contribution is -2.37. The van der Waals surface area contributed by atoms with E-state index in [0.29, 0.717) is 13.2 Å². The van der Waals surface area contributed by atoms with Gasteiger partial charge in [0.1, 0.15) is 11.9 Å². The molecule has 2 aromatic rings. The number of guanidine groups is 1. The summed E-state index contributed by atoms with van der Waals surface area (Å²) in [4.78, 5) is 16.0. The fourth-order valence-electron chi connectivity index (χ4n) is 3.36. The normalized spacial score (nSPS) is 15.9. The summed E-state index contributed by atoms with van der Waals surface area (Å²) in [6, 6.07) is 11.5. The molecule has 1 aliphatic heterocycles. The molecule has 0 amide bonds. The molecule has 1 unspecified atom stereocenters. The zero-order valence-electron chi connectivity index (χ0n) is 18.3. The monoisotopic (exact) mass is 540 g/mol. The molecular weight excluding hydrogens is 507 g/mol. The van der Waals surface area contributed by atoms with Crippen molar-refractivity contribution in [1.29, 1.82) is 0 Å². The molecule has 1 aromatic heterocycles. The lowest BCUT2D eigenvalue weighted by atomic mass is 10.1. The average molecular weight is 540 g/mol. The number of halogens is 1. The fourth-order valence-corrected chi connectivity index (χ4v) is 3.36. The van der Waals surface area contributed by atoms with Gasteiger partial charge in [-0.1, -0.05) is 18.2 Å². The second-order valence-corrected chi connectivity index (χ2v) is 7.51. The van der Waals surface area contributed by atoms with Gasteiger partial charge < -0.3 is 24.7 Å². The molecule has 7 nitrogen and oxygen atoms in total. The summed E-state index contributed by atoms with van der Waals surface area (Å²) in [5.41, 5.74) is 2.31. The zero-order chi connectivity index (χ0) is 21.2. The van der Waals surface area contributed by atoms with Gasteiger partial charge in [0, 0.05) is 50.9 Å². The third kappa shape index (κ3) is 8.17. The van der Waals surface area contributed by atoms with Crippen LogP contribution in [0.15, 0.2) is 52.4 Å². The third-order valence-electron chi connectivity index (χ3n) is 5.09. The van der Waals surface area contributed by atoms with Crippen LogP contribution in [0.25, 0.3) is 0 Å². The Balaban J connectivity index is 0.00000341. The minimum Gasteiger partial charge on any atom is -0.488 e. The molecule has 0 spiro atoms. The smallest absolute Gasteiger partial charge is 0.250 e. The number of unbranched alkanes of at least 4 members (excludes halogenated alkanes) is 1. The van der Waals surface area contributed by atoms with E-state index in [-0.39, 0.29) is 35.6 Å². The van der Waals surface area contributed by atoms with Gasteiger partial charge in [-0.25, -0.2) is 0 Å². The lowest BCUT2D eigenvalue weighted by molar-refractivity contribution is 0.140. The molecule has 2 N–H and O–H groups in total. The summed E-state index contributed by atoms with van der Waals surface area (Å²) in [5, 5.41) is 6.70. The van der Waals surface area contributed by atoms with Crippen molar-refractivity contribution in [3.8, 4) is 5.75 Å². The highest BCUT2D eigenvalue weighted by molar-refractivity contribution is 14.0. The van der Waals surface area contributed by atoms with Gasteiger partial charge in [0.25, 0.3) is 0 Å². The molecule has 1 atom stereocenters. The Kier molecular flexibility index (Phi) is 10.9. The maximum atomic E-state index is 11.7. The van der Waals surface area contributed by atoms with Crippen LogP contribution in [0.5, 0.6) is 5.75 Å². The minimum absolute atomic E-state index is 0. The van der Waals surface area contributed by atoms with Crippen LogP contribution in [0.1, 0.15) is 30.4 Å². The summed E-state index contributed by atoms with van der Waals surface area (Å²) in [6.07, 6.45) is 4.75. The molecule has 1 aliphatic rings. The van der Waals surface area contributed by atoms with Crippen LogP contribution in [0.3, 0.4) is 0 Å². The lowest BCUT2D eigenvalue weighted by Gasteiger charge is -2.18. The van der Waals surface area contributed by atoms with E-state index in [2.05, 4.69) is 40.7 Å². The molecule has 8 heteroatoms. The van der Waals surface area contributed by atoms with Gasteiger partial charge in [-0.2, -0.15) is 0 Å². The molecule has 1 saturated heterocycles. The van der Waals surface area contributed by atoms with Crippen LogP contribution in [-0.4, -0.2) is 43.4 Å². The maximum Gasteiger partial charge on any atom is 0.250 e. The van der Waals surface area contributed by atoms with Crippen molar-refractivity contribution in [2.45, 2.75) is 45.4 Å². The number of pyridine rings is 1. The molecular formula is C23H33IN4O3. The predicted molar refractivity (Wildman–Crippen MR) is 135 cm³/mol. The van der Waals surface area contributed by atoms with Crippen molar-refractivity contribution in [2.24, 2.45) is 4.99 Å². The third-order valence-corrected chi connectivity index (χ3v) is 5.09. The highest BCUT2D eigenvalue weighted by Gasteiger charge is 2.18. The van der Waals surface area contributed by atoms with Gasteiger partial charge in [0.15, 0.2) is 5.96 Å². The Labute approximate surface area is 201 Å². The van der Waals surface area contributed by atoms with Gasteiger partial charge in [0.2, 0.25) is 5.56 Å². The molecule has 0 saturated carbocycles. The number of nitrogens with zero attached hydrogens (tertiary/aromatic N) is 2. The Hall–Kier alpha value is -2.07. The number of nitrogens with one attached hydrogen (secondary N) is 2. The largest absolute Gasteiger partial charge is 0.488 e. The van der Waals surface area contributed by atoms with E-state index in [9.17, 15) is 4.79 Å². The number of rotatable bonds is 9. The van der Waals surface area contributed by atoms with Gasteiger partial charge in [-0.15, -0.1) is 24.0 Å². The molecule has 31 heavy (non-hydrogen) atoms. The maximum absolute atomic E-state index is 11.7. The van der Waals surface area contributed by atoms with Crippen LogP contribution in [0, 0.1) is 6.92 Å². The highest BCUT2D eigenvalue weighted by Crippen LogP contribution is 2.23. The van der Waals surface area contributed by atoms with Crippen LogP contribution >= 0.6 is 24.0 Å². The first kappa shape index (κ1) is 25.2. The van der Waals surface area contributed by atoms with E-state index in [1.807, 2.05) is 12.3 Å². The topological polar surface area (TPSA) is 76.9 Å². The van der Waals surface area contributed by atoms with Crippen molar-refractivity contribution in [2.75, 3.05) is 26.8 Å². The Morgan fingerprint density at radius 2 is 2.13 bits per heavy atom. The van der Waals surface area contributed by atoms with Gasteiger partial charge in [-0.3, -0.25) is 9.79 Å². The summed E-state index contributed by atoms with van der Waals surface area (Å²) < 4.78 is 13.3. The standard InChI is InChI=1S/C23H32N4O3.HI/c1-18-8-9-19(21(15-18)30-20-10-14-29-17-20)16-26-23(24-2)25-11-4-6-13-27-12-5-3-7-22(27)28;/h3,5,7-9,12,15,20H,4,6,10-11,13-14,16-17H2,1-2H3,(H2,24,25,26);1H. The van der Waals surface area contributed by atoms with Crippen LogP contribution in [0.4, 0.5) is 0 Å². The minimum atomic E-state index is 0. The number of hydrogen-bond donors (Lipinski definition) is 2. The highest BCUT2D eigenvalue weighted by atomic mass is 127. The second-order valence-electron chi connectivity index (χ2n) is 7.51. The first-order valence-corrected chi connectivity index (χ1v) is 10.6. The molecule has 0 radical (unpaired) electrons. The van der Waals surface area contributed by atoms with Crippen LogP contribution in [0.2, 0.25) is 0 Å². The molecule has 2 heterocycles. The van der Waals surface area contributed by atoms with Gasteiger partial charge >= 0.3 is 0 Å². The Bertz CT molecular complexity index is 894. The van der Waals surface area contributed by atoms with Crippen LogP contribution in [-0.2, 0) is 17.8 Å². The van der Waals surface area contributed by atoms with E-state index in [4.69, 9.17) is 9.47 Å². The summed E-state index contributed by atoms with van der Waals surface area (Å²) in [5.74, 6) is 1.66. The molecule has 1 fully saturated rings. The van der Waals surface area contributed by atoms with Crippen molar-refractivity contribution < 1.29 is 9.47 Å². The van der Waals surface area contributed by atoms with Crippen LogP contribution < -0.4 is 20.9 Å². The zero-order valence-corrected chi connectivity index (χ0v) is 20.6. The molecule has 3 rings (SSSR count). The van der Waals surface area contributed by atoms with E-state index < -0.39 is 0 Å². The SMILES string of the molecule is CN=C(NCCCCn1ccccc1=O)NCc1ccc(C)cc1OC1CCOC1.I. The fraction of sp³-hybridized carbons (Fsp3) is 0.478. The number of ether oxygens (including phenoxy) is 2. The summed E-state index contributed by atoms with van der Waals surface area (Å²) >= 11 is 0. The van der Waals surface area contributed by atoms with Gasteiger partial charge in [0.05, 0.1) is 13.2 Å². The Morgan fingerprint density at radius 1 is 1.26 bits per heavy atom. The van der Waals surface area contributed by atoms with Crippen molar-refractivity contribution >= 4 is 29.9 Å². The van der Waals surface area contributed by atoms with E-state index in [0.717, 1.165) is 56.2 Å². The quantitative estimate of drug-likeness (QED) is 0.221. The number of aromatic nitrogens is 1. The summed E-state index contributed by atoms with van der Waals surface area (Å²) in [7, 11) is 1.77. The van der Waals surface area contributed by atoms with Gasteiger partial charge in [-0.05, 0) is 37.5 Å². The van der Waals surface area contributed by atoms with Crippen molar-refractivity contribution in [3.63, 3.8) is 0 Å². The molecule has 1 aromatic carbocycles. The molecule has 0 bridgehead atoms. The predicted octanol–water partition coefficient (Wildman–Crippen LogP) is 3.09. The molecule has 170 valence electrons.